The summed E-state index contributed by atoms with van der Waals surface area (Å²) in [5, 5.41) is 11.6. The van der Waals surface area contributed by atoms with Crippen LogP contribution in [0.2, 0.25) is 0 Å². The van der Waals surface area contributed by atoms with Gasteiger partial charge in [0.1, 0.15) is 11.6 Å². The molecule has 0 saturated heterocycles. The van der Waals surface area contributed by atoms with Crippen LogP contribution in [0.25, 0.3) is 39.6 Å². The molecule has 0 spiro atoms. The number of rotatable bonds is 10. The molecule has 0 aliphatic carbocycles. The van der Waals surface area contributed by atoms with E-state index in [2.05, 4.69) is 175 Å². The zero-order chi connectivity index (χ0) is 34.8. The first-order valence-electron chi connectivity index (χ1n) is 17.6. The van der Waals surface area contributed by atoms with E-state index in [1.165, 1.54) is 11.4 Å². The number of aromatic hydroxyl groups is 1. The Balaban J connectivity index is 1.87. The summed E-state index contributed by atoms with van der Waals surface area (Å²) in [5.74, 6) is 1.22. The Hall–Kier alpha value is -4.51. The molecule has 5 nitrogen and oxygen atoms in total. The largest absolute Gasteiger partial charge is 0.507 e. The first-order chi connectivity index (χ1) is 22.8. The highest BCUT2D eigenvalue weighted by molar-refractivity contribution is 5.85. The Morgan fingerprint density at radius 2 is 1.02 bits per heavy atom. The third kappa shape index (κ3) is 6.87. The van der Waals surface area contributed by atoms with Crippen LogP contribution in [0.4, 0.5) is 11.4 Å². The number of nitrogens with zero attached hydrogens (tertiary/aromatic N) is 4. The van der Waals surface area contributed by atoms with Crippen molar-refractivity contribution in [2.24, 2.45) is 0 Å². The molecule has 0 bridgehead atoms. The van der Waals surface area contributed by atoms with Crippen LogP contribution in [0, 0.1) is 0 Å². The molecule has 5 heteroatoms. The highest BCUT2D eigenvalue weighted by atomic mass is 16.3. The second-order valence-corrected chi connectivity index (χ2v) is 14.7. The number of para-hydroxylation sites is 1. The van der Waals surface area contributed by atoms with Gasteiger partial charge in [-0.05, 0) is 87.1 Å². The van der Waals surface area contributed by atoms with Crippen LogP contribution in [-0.2, 0) is 10.8 Å². The molecule has 5 rings (SSSR count). The number of hydrogen-bond donors (Lipinski definition) is 1. The molecule has 0 saturated carbocycles. The molecular formula is C43H54N4O. The Kier molecular flexibility index (Phi) is 10.1. The predicted molar refractivity (Wildman–Crippen MR) is 206 cm³/mol. The first-order valence-corrected chi connectivity index (χ1v) is 17.6. The normalized spacial score (nSPS) is 12.0. The standard InChI is InChI=1S/C43H54N4O/c1-11-45(12-2)33-24-20-30(21-25-33)38-39(31-22-26-34(27-23-31)46(13-3)14-4)47(35-18-16-15-17-19-35)41(44-38)32-28-36(42(5,6)7)40(48)37(29-32)43(8,9)10/h15-29,48H,11-14H2,1-10H3. The van der Waals surface area contributed by atoms with Crippen LogP contribution >= 0.6 is 0 Å². The van der Waals surface area contributed by atoms with Gasteiger partial charge < -0.3 is 14.9 Å². The lowest BCUT2D eigenvalue weighted by molar-refractivity contribution is 0.423. The Bertz CT molecular complexity index is 1780. The van der Waals surface area contributed by atoms with Crippen LogP contribution in [0.15, 0.2) is 91.0 Å². The molecule has 0 aliphatic rings. The van der Waals surface area contributed by atoms with Crippen LogP contribution in [0.1, 0.15) is 80.4 Å². The summed E-state index contributed by atoms with van der Waals surface area (Å²) in [5.41, 5.74) is 9.88. The van der Waals surface area contributed by atoms with E-state index in [1.807, 2.05) is 0 Å². The van der Waals surface area contributed by atoms with Crippen molar-refractivity contribution in [3.05, 3.63) is 102 Å². The monoisotopic (exact) mass is 642 g/mol. The Morgan fingerprint density at radius 3 is 1.44 bits per heavy atom. The van der Waals surface area contributed by atoms with E-state index in [4.69, 9.17) is 4.98 Å². The fourth-order valence-corrected chi connectivity index (χ4v) is 6.65. The van der Waals surface area contributed by atoms with Crippen molar-refractivity contribution in [2.75, 3.05) is 36.0 Å². The van der Waals surface area contributed by atoms with Gasteiger partial charge in [0.2, 0.25) is 0 Å². The minimum atomic E-state index is -0.267. The smallest absolute Gasteiger partial charge is 0.145 e. The van der Waals surface area contributed by atoms with E-state index in [-0.39, 0.29) is 10.8 Å². The molecule has 1 heterocycles. The zero-order valence-electron chi connectivity index (χ0n) is 30.7. The summed E-state index contributed by atoms with van der Waals surface area (Å²) in [6, 6.07) is 32.6. The molecule has 48 heavy (non-hydrogen) atoms. The zero-order valence-corrected chi connectivity index (χ0v) is 30.7. The van der Waals surface area contributed by atoms with E-state index < -0.39 is 0 Å². The van der Waals surface area contributed by atoms with Gasteiger partial charge in [0.25, 0.3) is 0 Å². The molecular weight excluding hydrogens is 589 g/mol. The van der Waals surface area contributed by atoms with Gasteiger partial charge >= 0.3 is 0 Å². The van der Waals surface area contributed by atoms with Gasteiger partial charge in [-0.3, -0.25) is 4.57 Å². The maximum atomic E-state index is 11.6. The summed E-state index contributed by atoms with van der Waals surface area (Å²) in [7, 11) is 0. The summed E-state index contributed by atoms with van der Waals surface area (Å²) in [6.45, 7) is 25.6. The summed E-state index contributed by atoms with van der Waals surface area (Å²) in [6.07, 6.45) is 0. The van der Waals surface area contributed by atoms with Crippen molar-refractivity contribution >= 4 is 11.4 Å². The lowest BCUT2D eigenvalue weighted by Crippen LogP contribution is -2.21. The minimum absolute atomic E-state index is 0.267. The summed E-state index contributed by atoms with van der Waals surface area (Å²) >= 11 is 0. The molecule has 0 atom stereocenters. The van der Waals surface area contributed by atoms with Gasteiger partial charge in [0.15, 0.2) is 0 Å². The van der Waals surface area contributed by atoms with Crippen LogP contribution < -0.4 is 9.80 Å². The number of aromatic nitrogens is 2. The molecule has 4 aromatic carbocycles. The lowest BCUT2D eigenvalue weighted by Gasteiger charge is -2.28. The van der Waals surface area contributed by atoms with Crippen molar-refractivity contribution in [1.29, 1.82) is 0 Å². The molecule has 0 fully saturated rings. The van der Waals surface area contributed by atoms with E-state index in [9.17, 15) is 5.11 Å². The van der Waals surface area contributed by atoms with Gasteiger partial charge in [-0.2, -0.15) is 0 Å². The Labute approximate surface area is 288 Å². The SMILES string of the molecule is CCN(CC)c1ccc(-c2nc(-c3cc(C(C)(C)C)c(O)c(C(C)(C)C)c3)n(-c3ccccc3)c2-c2ccc(N(CC)CC)cc2)cc1. The fourth-order valence-electron chi connectivity index (χ4n) is 6.65. The molecule has 1 aromatic heterocycles. The van der Waals surface area contributed by atoms with Crippen molar-refractivity contribution in [3.8, 4) is 45.3 Å². The average Bonchev–Trinajstić information content (AvgIpc) is 3.47. The van der Waals surface area contributed by atoms with Gasteiger partial charge in [0.05, 0.1) is 11.4 Å². The third-order valence-electron chi connectivity index (χ3n) is 9.41. The van der Waals surface area contributed by atoms with Crippen LogP contribution in [0.3, 0.4) is 0 Å². The molecule has 0 radical (unpaired) electrons. The van der Waals surface area contributed by atoms with Gasteiger partial charge in [0, 0.05) is 71.1 Å². The number of phenols is 1. The first kappa shape index (κ1) is 34.8. The van der Waals surface area contributed by atoms with E-state index in [0.29, 0.717) is 5.75 Å². The molecule has 0 unspecified atom stereocenters. The molecule has 5 aromatic rings. The minimum Gasteiger partial charge on any atom is -0.507 e. The summed E-state index contributed by atoms with van der Waals surface area (Å²) < 4.78 is 2.31. The van der Waals surface area contributed by atoms with Crippen molar-refractivity contribution < 1.29 is 5.11 Å². The molecule has 252 valence electrons. The lowest BCUT2D eigenvalue weighted by atomic mass is 9.78. The topological polar surface area (TPSA) is 44.5 Å². The van der Waals surface area contributed by atoms with Crippen LogP contribution in [-0.4, -0.2) is 40.8 Å². The number of imidazole rings is 1. The van der Waals surface area contributed by atoms with Gasteiger partial charge in [-0.1, -0.05) is 84.0 Å². The number of hydrogen-bond acceptors (Lipinski definition) is 4. The van der Waals surface area contributed by atoms with E-state index in [0.717, 1.165) is 76.9 Å². The third-order valence-corrected chi connectivity index (χ3v) is 9.41. The number of phenolic OH excluding ortho intramolecular Hbond substituents is 1. The molecule has 0 amide bonds. The second kappa shape index (κ2) is 13.9. The van der Waals surface area contributed by atoms with Gasteiger partial charge in [-0.25, -0.2) is 4.98 Å². The van der Waals surface area contributed by atoms with E-state index in [1.54, 1.807) is 0 Å². The average molecular weight is 643 g/mol. The number of benzene rings is 4. The number of anilines is 2. The summed E-state index contributed by atoms with van der Waals surface area (Å²) in [4.78, 5) is 10.3. The highest BCUT2D eigenvalue weighted by Crippen LogP contribution is 2.45. The second-order valence-electron chi connectivity index (χ2n) is 14.7. The molecule has 1 N–H and O–H groups in total. The van der Waals surface area contributed by atoms with Gasteiger partial charge in [-0.15, -0.1) is 0 Å². The Morgan fingerprint density at radius 1 is 0.583 bits per heavy atom. The fraction of sp³-hybridized carbons (Fsp3) is 0.372. The maximum Gasteiger partial charge on any atom is 0.145 e. The molecule has 0 aliphatic heterocycles. The van der Waals surface area contributed by atoms with E-state index >= 15 is 0 Å². The van der Waals surface area contributed by atoms with Crippen LogP contribution in [0.5, 0.6) is 5.75 Å². The highest BCUT2D eigenvalue weighted by Gasteiger charge is 2.30. The maximum absolute atomic E-state index is 11.6. The van der Waals surface area contributed by atoms with Crippen molar-refractivity contribution in [2.45, 2.75) is 80.1 Å². The predicted octanol–water partition coefficient (Wildman–Crippen LogP) is 10.9. The quantitative estimate of drug-likeness (QED) is 0.165. The van der Waals surface area contributed by atoms with Crippen molar-refractivity contribution in [3.63, 3.8) is 0 Å². The van der Waals surface area contributed by atoms with Crippen molar-refractivity contribution in [1.82, 2.24) is 9.55 Å².